The Labute approximate surface area is 173 Å². The average molecular weight is 429 g/mol. The first-order valence-corrected chi connectivity index (χ1v) is 9.57. The number of benzene rings is 1. The SMILES string of the molecule is CC(C)OCCn1c(=NC(=O)c2cccc(C(F)(F)F)c2F)cc(C(C)(C)C)n1C. The van der Waals surface area contributed by atoms with E-state index in [0.717, 1.165) is 17.8 Å². The Hall–Kier alpha value is -2.42. The summed E-state index contributed by atoms with van der Waals surface area (Å²) < 4.78 is 62.3. The van der Waals surface area contributed by atoms with Crippen LogP contribution in [0.25, 0.3) is 0 Å². The second-order valence-corrected chi connectivity index (χ2v) is 8.29. The molecule has 0 N–H and O–H groups in total. The predicted octanol–water partition coefficient (Wildman–Crippen LogP) is 4.45. The fourth-order valence-electron chi connectivity index (χ4n) is 3.09. The summed E-state index contributed by atoms with van der Waals surface area (Å²) in [7, 11) is 1.80. The van der Waals surface area contributed by atoms with Gasteiger partial charge in [0.2, 0.25) is 0 Å². The van der Waals surface area contributed by atoms with E-state index >= 15 is 0 Å². The first-order valence-electron chi connectivity index (χ1n) is 9.57. The number of halogens is 4. The molecule has 0 spiro atoms. The topological polar surface area (TPSA) is 48.5 Å². The van der Waals surface area contributed by atoms with Gasteiger partial charge in [-0.15, -0.1) is 0 Å². The highest BCUT2D eigenvalue weighted by atomic mass is 19.4. The molecule has 0 saturated carbocycles. The van der Waals surface area contributed by atoms with E-state index in [1.54, 1.807) is 17.8 Å². The molecular formula is C21H27F4N3O2. The fraction of sp³-hybridized carbons (Fsp3) is 0.524. The smallest absolute Gasteiger partial charge is 0.377 e. The van der Waals surface area contributed by atoms with Gasteiger partial charge in [0.15, 0.2) is 5.49 Å². The van der Waals surface area contributed by atoms with Crippen molar-refractivity contribution in [3.8, 4) is 0 Å². The average Bonchev–Trinajstić information content (AvgIpc) is 2.90. The first kappa shape index (κ1) is 23.9. The standard InChI is InChI=1S/C21H27F4N3O2/c1-13(2)30-11-10-28-17(12-16(27(28)6)20(3,4)5)26-19(29)14-8-7-9-15(18(14)22)21(23,24)25/h7-9,12-13H,10-11H2,1-6H3. The molecule has 0 fully saturated rings. The molecule has 0 aliphatic carbocycles. The molecule has 2 rings (SSSR count). The van der Waals surface area contributed by atoms with E-state index < -0.39 is 29.0 Å². The van der Waals surface area contributed by atoms with Crippen molar-refractivity contribution in [1.82, 2.24) is 9.36 Å². The molecule has 5 nitrogen and oxygen atoms in total. The van der Waals surface area contributed by atoms with Crippen LogP contribution in [0.4, 0.5) is 17.6 Å². The highest BCUT2D eigenvalue weighted by Crippen LogP contribution is 2.32. The van der Waals surface area contributed by atoms with Crippen LogP contribution in [0.1, 0.15) is 56.2 Å². The monoisotopic (exact) mass is 429 g/mol. The minimum atomic E-state index is -4.90. The van der Waals surface area contributed by atoms with E-state index in [0.29, 0.717) is 19.2 Å². The quantitative estimate of drug-likeness (QED) is 0.660. The Balaban J connectivity index is 2.55. The molecule has 30 heavy (non-hydrogen) atoms. The number of aromatic nitrogens is 2. The van der Waals surface area contributed by atoms with Crippen molar-refractivity contribution in [2.45, 2.75) is 58.9 Å². The van der Waals surface area contributed by atoms with Crippen molar-refractivity contribution < 1.29 is 27.1 Å². The van der Waals surface area contributed by atoms with Gasteiger partial charge in [-0.3, -0.25) is 14.2 Å². The zero-order chi connectivity index (χ0) is 22.9. The second-order valence-electron chi connectivity index (χ2n) is 8.29. The van der Waals surface area contributed by atoms with E-state index in [2.05, 4.69) is 4.99 Å². The normalized spacial score (nSPS) is 13.4. The van der Waals surface area contributed by atoms with Gasteiger partial charge in [-0.05, 0) is 26.0 Å². The molecule has 0 aliphatic rings. The molecule has 1 amide bonds. The van der Waals surface area contributed by atoms with Crippen LogP contribution in [-0.4, -0.2) is 28.0 Å². The molecule has 1 aromatic heterocycles. The van der Waals surface area contributed by atoms with E-state index in [9.17, 15) is 22.4 Å². The van der Waals surface area contributed by atoms with Crippen LogP contribution < -0.4 is 5.49 Å². The summed E-state index contributed by atoms with van der Waals surface area (Å²) in [6, 6.07) is 4.26. The minimum Gasteiger partial charge on any atom is -0.377 e. The number of carbonyl (C=O) groups is 1. The molecule has 1 heterocycles. The molecule has 0 bridgehead atoms. The van der Waals surface area contributed by atoms with Crippen molar-refractivity contribution in [3.63, 3.8) is 0 Å². The van der Waals surface area contributed by atoms with E-state index in [1.165, 1.54) is 0 Å². The highest BCUT2D eigenvalue weighted by Gasteiger charge is 2.35. The van der Waals surface area contributed by atoms with Gasteiger partial charge in [-0.1, -0.05) is 26.8 Å². The minimum absolute atomic E-state index is 0.00850. The Kier molecular flexibility index (Phi) is 6.96. The van der Waals surface area contributed by atoms with E-state index in [-0.39, 0.29) is 17.0 Å². The van der Waals surface area contributed by atoms with Crippen LogP contribution in [0, 0.1) is 5.82 Å². The van der Waals surface area contributed by atoms with Crippen LogP contribution in [-0.2, 0) is 29.9 Å². The number of hydrogen-bond donors (Lipinski definition) is 0. The zero-order valence-electron chi connectivity index (χ0n) is 18.0. The van der Waals surface area contributed by atoms with Crippen molar-refractivity contribution >= 4 is 5.91 Å². The predicted molar refractivity (Wildman–Crippen MR) is 104 cm³/mol. The lowest BCUT2D eigenvalue weighted by Crippen LogP contribution is -2.28. The summed E-state index contributed by atoms with van der Waals surface area (Å²) in [5.74, 6) is -2.70. The maximum atomic E-state index is 14.4. The van der Waals surface area contributed by atoms with Gasteiger partial charge in [0.1, 0.15) is 5.82 Å². The molecule has 0 aliphatic heterocycles. The van der Waals surface area contributed by atoms with Crippen molar-refractivity contribution in [2.24, 2.45) is 12.0 Å². The van der Waals surface area contributed by atoms with Crippen LogP contribution in [0.15, 0.2) is 29.3 Å². The van der Waals surface area contributed by atoms with Gasteiger partial charge in [-0.2, -0.15) is 18.2 Å². The summed E-state index contributed by atoms with van der Waals surface area (Å²) >= 11 is 0. The third-order valence-electron chi connectivity index (χ3n) is 4.51. The lowest BCUT2D eigenvalue weighted by atomic mass is 9.92. The Morgan fingerprint density at radius 2 is 1.83 bits per heavy atom. The van der Waals surface area contributed by atoms with Crippen LogP contribution in [0.2, 0.25) is 0 Å². The highest BCUT2D eigenvalue weighted by molar-refractivity contribution is 5.95. The van der Waals surface area contributed by atoms with Crippen LogP contribution in [0.5, 0.6) is 0 Å². The molecule has 0 saturated heterocycles. The summed E-state index contributed by atoms with van der Waals surface area (Å²) in [4.78, 5) is 16.5. The van der Waals surface area contributed by atoms with Gasteiger partial charge >= 0.3 is 6.18 Å². The lowest BCUT2D eigenvalue weighted by molar-refractivity contribution is -0.140. The maximum absolute atomic E-state index is 14.4. The molecule has 166 valence electrons. The number of nitrogens with zero attached hydrogens (tertiary/aromatic N) is 3. The zero-order valence-corrected chi connectivity index (χ0v) is 18.0. The van der Waals surface area contributed by atoms with Crippen molar-refractivity contribution in [1.29, 1.82) is 0 Å². The van der Waals surface area contributed by atoms with Gasteiger partial charge in [0, 0.05) is 24.2 Å². The Bertz CT molecular complexity index is 980. The molecule has 0 unspecified atom stereocenters. The molecular weight excluding hydrogens is 402 g/mol. The largest absolute Gasteiger partial charge is 0.419 e. The van der Waals surface area contributed by atoms with Gasteiger partial charge in [0.05, 0.1) is 30.4 Å². The Morgan fingerprint density at radius 3 is 2.37 bits per heavy atom. The van der Waals surface area contributed by atoms with Crippen LogP contribution >= 0.6 is 0 Å². The van der Waals surface area contributed by atoms with E-state index in [1.807, 2.05) is 39.3 Å². The molecule has 0 radical (unpaired) electrons. The first-order chi connectivity index (χ1) is 13.7. The number of rotatable bonds is 5. The number of carbonyl (C=O) groups excluding carboxylic acids is 1. The molecule has 0 atom stereocenters. The number of alkyl halides is 3. The maximum Gasteiger partial charge on any atom is 0.419 e. The molecule has 9 heteroatoms. The summed E-state index contributed by atoms with van der Waals surface area (Å²) in [5.41, 5.74) is -1.44. The van der Waals surface area contributed by atoms with Crippen molar-refractivity contribution in [2.75, 3.05) is 6.61 Å². The third kappa shape index (κ3) is 5.38. The number of hydrogen-bond acceptors (Lipinski definition) is 2. The summed E-state index contributed by atoms with van der Waals surface area (Å²) in [6.45, 7) is 10.4. The van der Waals surface area contributed by atoms with E-state index in [4.69, 9.17) is 4.74 Å². The molecule has 1 aromatic carbocycles. The summed E-state index contributed by atoms with van der Waals surface area (Å²) in [5, 5.41) is 0. The lowest BCUT2D eigenvalue weighted by Gasteiger charge is -2.21. The Morgan fingerprint density at radius 1 is 1.20 bits per heavy atom. The number of amides is 1. The second kappa shape index (κ2) is 8.75. The van der Waals surface area contributed by atoms with Crippen LogP contribution in [0.3, 0.4) is 0 Å². The van der Waals surface area contributed by atoms with Gasteiger partial charge in [-0.25, -0.2) is 4.39 Å². The summed E-state index contributed by atoms with van der Waals surface area (Å²) in [6.07, 6.45) is -4.89. The van der Waals surface area contributed by atoms with Gasteiger partial charge < -0.3 is 4.74 Å². The molecule has 2 aromatic rings. The number of ether oxygens (including phenoxy) is 1. The third-order valence-corrected chi connectivity index (χ3v) is 4.51. The van der Waals surface area contributed by atoms with Crippen molar-refractivity contribution in [3.05, 3.63) is 52.4 Å². The fourth-order valence-corrected chi connectivity index (χ4v) is 3.09. The van der Waals surface area contributed by atoms with Gasteiger partial charge in [0.25, 0.3) is 5.91 Å².